The standard InChI is InChI=1S/C13H15N3O/c1-2-9-16-12-6-4-3-5-11(12)15-13(16)7-8-14-10-17/h2-6,10H,1,7-9H2,(H,14,17). The summed E-state index contributed by atoms with van der Waals surface area (Å²) in [6.07, 6.45) is 3.28. The molecule has 1 aromatic carbocycles. The van der Waals surface area contributed by atoms with Crippen LogP contribution in [0.2, 0.25) is 0 Å². The third kappa shape index (κ3) is 2.36. The zero-order chi connectivity index (χ0) is 12.1. The van der Waals surface area contributed by atoms with Crippen molar-refractivity contribution in [1.29, 1.82) is 0 Å². The molecule has 0 aliphatic rings. The van der Waals surface area contributed by atoms with Crippen molar-refractivity contribution in [3.05, 3.63) is 42.7 Å². The molecule has 1 heterocycles. The summed E-state index contributed by atoms with van der Waals surface area (Å²) in [5.41, 5.74) is 2.09. The lowest BCUT2D eigenvalue weighted by molar-refractivity contribution is -0.109. The lowest BCUT2D eigenvalue weighted by atomic mass is 10.3. The molecule has 2 rings (SSSR count). The summed E-state index contributed by atoms with van der Waals surface area (Å²) in [6, 6.07) is 8.01. The summed E-state index contributed by atoms with van der Waals surface area (Å²) in [5.74, 6) is 0.973. The molecule has 88 valence electrons. The number of hydrogen-bond acceptors (Lipinski definition) is 2. The summed E-state index contributed by atoms with van der Waals surface area (Å²) >= 11 is 0. The number of carbonyl (C=O) groups excluding carboxylic acids is 1. The Morgan fingerprint density at radius 3 is 3.00 bits per heavy atom. The fourth-order valence-corrected chi connectivity index (χ4v) is 1.89. The van der Waals surface area contributed by atoms with Crippen molar-refractivity contribution in [2.45, 2.75) is 13.0 Å². The van der Waals surface area contributed by atoms with E-state index in [2.05, 4.69) is 21.4 Å². The van der Waals surface area contributed by atoms with Crippen molar-refractivity contribution in [1.82, 2.24) is 14.9 Å². The van der Waals surface area contributed by atoms with Crippen LogP contribution in [0.25, 0.3) is 11.0 Å². The first-order valence-electron chi connectivity index (χ1n) is 5.59. The molecule has 4 nitrogen and oxygen atoms in total. The predicted octanol–water partition coefficient (Wildman–Crippen LogP) is 1.51. The molecule has 0 saturated carbocycles. The van der Waals surface area contributed by atoms with Crippen molar-refractivity contribution in [3.63, 3.8) is 0 Å². The third-order valence-corrected chi connectivity index (χ3v) is 2.62. The molecule has 0 atom stereocenters. The molecule has 0 saturated heterocycles. The van der Waals surface area contributed by atoms with Crippen molar-refractivity contribution in [2.24, 2.45) is 0 Å². The van der Waals surface area contributed by atoms with Crippen LogP contribution in [0.5, 0.6) is 0 Å². The predicted molar refractivity (Wildman–Crippen MR) is 67.7 cm³/mol. The van der Waals surface area contributed by atoms with Crippen molar-refractivity contribution < 1.29 is 4.79 Å². The molecule has 0 bridgehead atoms. The van der Waals surface area contributed by atoms with Gasteiger partial charge in [-0.05, 0) is 12.1 Å². The molecule has 1 N–H and O–H groups in total. The first kappa shape index (κ1) is 11.4. The Labute approximate surface area is 100.0 Å². The summed E-state index contributed by atoms with van der Waals surface area (Å²) in [4.78, 5) is 14.8. The van der Waals surface area contributed by atoms with E-state index in [1.54, 1.807) is 0 Å². The molecule has 1 aromatic heterocycles. The Bertz CT molecular complexity index is 530. The van der Waals surface area contributed by atoms with Gasteiger partial charge in [0.15, 0.2) is 0 Å². The molecule has 0 aliphatic carbocycles. The summed E-state index contributed by atoms with van der Waals surface area (Å²) < 4.78 is 2.12. The Hall–Kier alpha value is -2.10. The largest absolute Gasteiger partial charge is 0.358 e. The Morgan fingerprint density at radius 2 is 2.24 bits per heavy atom. The van der Waals surface area contributed by atoms with Crippen molar-refractivity contribution in [3.8, 4) is 0 Å². The van der Waals surface area contributed by atoms with Crippen LogP contribution in [0.3, 0.4) is 0 Å². The van der Waals surface area contributed by atoms with Gasteiger partial charge in [0.2, 0.25) is 6.41 Å². The average molecular weight is 229 g/mol. The number of amides is 1. The number of hydrogen-bond donors (Lipinski definition) is 1. The van der Waals surface area contributed by atoms with Gasteiger partial charge in [0.1, 0.15) is 5.82 Å². The fraction of sp³-hybridized carbons (Fsp3) is 0.231. The number of allylic oxidation sites excluding steroid dienone is 1. The number of imidazole rings is 1. The van der Waals surface area contributed by atoms with Crippen LogP contribution in [0, 0.1) is 0 Å². The van der Waals surface area contributed by atoms with E-state index in [4.69, 9.17) is 0 Å². The molecule has 0 aliphatic heterocycles. The number of aromatic nitrogens is 2. The van der Waals surface area contributed by atoms with E-state index >= 15 is 0 Å². The topological polar surface area (TPSA) is 46.9 Å². The van der Waals surface area contributed by atoms with Crippen LogP contribution in [0.15, 0.2) is 36.9 Å². The number of para-hydroxylation sites is 2. The zero-order valence-electron chi connectivity index (χ0n) is 9.60. The zero-order valence-corrected chi connectivity index (χ0v) is 9.60. The molecule has 17 heavy (non-hydrogen) atoms. The lowest BCUT2D eigenvalue weighted by Crippen LogP contribution is -2.16. The van der Waals surface area contributed by atoms with Crippen LogP contribution in [0.1, 0.15) is 5.82 Å². The van der Waals surface area contributed by atoms with Gasteiger partial charge in [-0.1, -0.05) is 18.2 Å². The average Bonchev–Trinajstić information content (AvgIpc) is 2.69. The van der Waals surface area contributed by atoms with Gasteiger partial charge in [0, 0.05) is 19.5 Å². The van der Waals surface area contributed by atoms with E-state index in [0.29, 0.717) is 13.0 Å². The summed E-state index contributed by atoms with van der Waals surface area (Å²) in [7, 11) is 0. The molecule has 0 fully saturated rings. The van der Waals surface area contributed by atoms with Gasteiger partial charge < -0.3 is 9.88 Å². The van der Waals surface area contributed by atoms with Crippen LogP contribution in [-0.2, 0) is 17.8 Å². The van der Waals surface area contributed by atoms with Crippen LogP contribution < -0.4 is 5.32 Å². The maximum absolute atomic E-state index is 10.2. The monoisotopic (exact) mass is 229 g/mol. The fourth-order valence-electron chi connectivity index (χ4n) is 1.89. The Kier molecular flexibility index (Phi) is 3.55. The van der Waals surface area contributed by atoms with Gasteiger partial charge in [-0.2, -0.15) is 0 Å². The van der Waals surface area contributed by atoms with Crippen molar-refractivity contribution in [2.75, 3.05) is 6.54 Å². The minimum Gasteiger partial charge on any atom is -0.358 e. The van der Waals surface area contributed by atoms with Gasteiger partial charge >= 0.3 is 0 Å². The lowest BCUT2D eigenvalue weighted by Gasteiger charge is -2.05. The highest BCUT2D eigenvalue weighted by molar-refractivity contribution is 5.76. The highest BCUT2D eigenvalue weighted by Gasteiger charge is 2.08. The van der Waals surface area contributed by atoms with E-state index in [0.717, 1.165) is 29.8 Å². The molecule has 0 spiro atoms. The Morgan fingerprint density at radius 1 is 1.41 bits per heavy atom. The van der Waals surface area contributed by atoms with E-state index in [1.165, 1.54) is 0 Å². The number of nitrogens with zero attached hydrogens (tertiary/aromatic N) is 2. The highest BCUT2D eigenvalue weighted by atomic mass is 16.1. The molecule has 0 radical (unpaired) electrons. The summed E-state index contributed by atoms with van der Waals surface area (Å²) in [5, 5.41) is 2.65. The quantitative estimate of drug-likeness (QED) is 0.463. The van der Waals surface area contributed by atoms with Gasteiger partial charge in [-0.25, -0.2) is 4.98 Å². The maximum atomic E-state index is 10.2. The van der Waals surface area contributed by atoms with Crippen LogP contribution >= 0.6 is 0 Å². The minimum absolute atomic E-state index is 0.601. The SMILES string of the molecule is C=CCn1c(CCNC=O)nc2ccccc21. The second-order valence-electron chi connectivity index (χ2n) is 3.74. The van der Waals surface area contributed by atoms with Gasteiger partial charge in [0.25, 0.3) is 0 Å². The number of nitrogens with one attached hydrogen (secondary N) is 1. The first-order valence-corrected chi connectivity index (χ1v) is 5.59. The second kappa shape index (κ2) is 5.30. The smallest absolute Gasteiger partial charge is 0.207 e. The summed E-state index contributed by atoms with van der Waals surface area (Å²) in [6.45, 7) is 5.09. The number of rotatable bonds is 6. The van der Waals surface area contributed by atoms with Gasteiger partial charge in [-0.3, -0.25) is 4.79 Å². The van der Waals surface area contributed by atoms with Gasteiger partial charge in [0.05, 0.1) is 11.0 Å². The molecular weight excluding hydrogens is 214 g/mol. The number of fused-ring (bicyclic) bond motifs is 1. The van der Waals surface area contributed by atoms with E-state index < -0.39 is 0 Å². The van der Waals surface area contributed by atoms with E-state index in [1.807, 2.05) is 30.3 Å². The normalized spacial score (nSPS) is 10.4. The molecule has 0 unspecified atom stereocenters. The van der Waals surface area contributed by atoms with Crippen LogP contribution in [0.4, 0.5) is 0 Å². The van der Waals surface area contributed by atoms with Gasteiger partial charge in [-0.15, -0.1) is 6.58 Å². The van der Waals surface area contributed by atoms with Crippen LogP contribution in [-0.4, -0.2) is 22.5 Å². The minimum atomic E-state index is 0.601. The molecule has 1 amide bonds. The van der Waals surface area contributed by atoms with E-state index in [-0.39, 0.29) is 0 Å². The highest BCUT2D eigenvalue weighted by Crippen LogP contribution is 2.16. The second-order valence-corrected chi connectivity index (χ2v) is 3.74. The first-order chi connectivity index (χ1) is 8.36. The molecule has 4 heteroatoms. The molecular formula is C13H15N3O. The Balaban J connectivity index is 2.35. The third-order valence-electron chi connectivity index (χ3n) is 2.62. The van der Waals surface area contributed by atoms with Crippen molar-refractivity contribution >= 4 is 17.4 Å². The number of benzene rings is 1. The molecule has 2 aromatic rings. The number of carbonyl (C=O) groups is 1. The van der Waals surface area contributed by atoms with E-state index in [9.17, 15) is 4.79 Å². The maximum Gasteiger partial charge on any atom is 0.207 e.